The minimum absolute atomic E-state index is 0.0282. The van der Waals surface area contributed by atoms with E-state index in [1.807, 2.05) is 84.9 Å². The molecule has 1 N–H and O–H groups in total. The largest absolute Gasteiger partial charge is 0.297 e. The van der Waals surface area contributed by atoms with E-state index in [-0.39, 0.29) is 6.04 Å². The lowest BCUT2D eigenvalue weighted by atomic mass is 10.0. The first kappa shape index (κ1) is 18.0. The van der Waals surface area contributed by atoms with Crippen molar-refractivity contribution in [1.29, 1.82) is 0 Å². The average Bonchev–Trinajstić information content (AvgIpc) is 3.53. The van der Waals surface area contributed by atoms with Crippen molar-refractivity contribution in [2.45, 2.75) is 12.5 Å². The fourth-order valence-corrected chi connectivity index (χ4v) is 6.25. The quantitative estimate of drug-likeness (QED) is 0.463. The van der Waals surface area contributed by atoms with Gasteiger partial charge in [-0.1, -0.05) is 72.8 Å². The fourth-order valence-electron chi connectivity index (χ4n) is 3.74. The molecule has 0 spiro atoms. The minimum atomic E-state index is -2.98. The Morgan fingerprint density at radius 2 is 1.33 bits per heavy atom. The van der Waals surface area contributed by atoms with Gasteiger partial charge < -0.3 is 0 Å². The van der Waals surface area contributed by atoms with Gasteiger partial charge in [0, 0.05) is 16.7 Å². The normalized spacial score (nSPS) is 20.0. The van der Waals surface area contributed by atoms with E-state index >= 15 is 0 Å². The SMILES string of the molecule is C=C[C@@H]1C[C@@H]1[C@@H](NP(=O)(c1ccccc1)c1ccccc1)c1ccccc1. The van der Waals surface area contributed by atoms with Crippen molar-refractivity contribution in [2.75, 3.05) is 0 Å². The number of nitrogens with one attached hydrogen (secondary N) is 1. The Hall–Kier alpha value is -2.41. The van der Waals surface area contributed by atoms with Crippen molar-refractivity contribution in [3.05, 3.63) is 109 Å². The summed E-state index contributed by atoms with van der Waals surface area (Å²) in [5.41, 5.74) is 1.18. The van der Waals surface area contributed by atoms with E-state index < -0.39 is 7.29 Å². The molecule has 0 saturated heterocycles. The third-order valence-electron chi connectivity index (χ3n) is 5.34. The van der Waals surface area contributed by atoms with Gasteiger partial charge in [0.15, 0.2) is 0 Å². The Balaban J connectivity index is 1.78. The summed E-state index contributed by atoms with van der Waals surface area (Å²) in [6.45, 7) is 3.96. The maximum Gasteiger partial charge on any atom is 0.205 e. The molecule has 1 saturated carbocycles. The second kappa shape index (κ2) is 7.68. The van der Waals surface area contributed by atoms with Gasteiger partial charge in [-0.2, -0.15) is 0 Å². The van der Waals surface area contributed by atoms with E-state index in [1.54, 1.807) is 0 Å². The lowest BCUT2D eigenvalue weighted by Gasteiger charge is -2.28. The predicted molar refractivity (Wildman–Crippen MR) is 114 cm³/mol. The second-order valence-electron chi connectivity index (χ2n) is 7.10. The molecule has 0 aliphatic heterocycles. The molecule has 0 amide bonds. The second-order valence-corrected chi connectivity index (χ2v) is 9.61. The monoisotopic (exact) mass is 373 g/mol. The van der Waals surface area contributed by atoms with Gasteiger partial charge in [-0.3, -0.25) is 9.65 Å². The van der Waals surface area contributed by atoms with Gasteiger partial charge in [0.1, 0.15) is 0 Å². The number of hydrogen-bond acceptors (Lipinski definition) is 1. The van der Waals surface area contributed by atoms with Gasteiger partial charge in [0.05, 0.1) is 0 Å². The highest BCUT2D eigenvalue weighted by molar-refractivity contribution is 7.76. The lowest BCUT2D eigenvalue weighted by molar-refractivity contribution is 0.527. The first-order chi connectivity index (χ1) is 13.2. The van der Waals surface area contributed by atoms with E-state index in [1.165, 1.54) is 5.56 Å². The molecule has 136 valence electrons. The maximum absolute atomic E-state index is 14.4. The Morgan fingerprint density at radius 3 is 1.78 bits per heavy atom. The molecule has 0 heterocycles. The smallest absolute Gasteiger partial charge is 0.205 e. The van der Waals surface area contributed by atoms with Crippen LogP contribution in [0.5, 0.6) is 0 Å². The van der Waals surface area contributed by atoms with Crippen LogP contribution in [0.2, 0.25) is 0 Å². The van der Waals surface area contributed by atoms with Crippen LogP contribution in [0, 0.1) is 11.8 Å². The van der Waals surface area contributed by atoms with Gasteiger partial charge in [-0.15, -0.1) is 6.58 Å². The van der Waals surface area contributed by atoms with Crippen LogP contribution in [0.3, 0.4) is 0 Å². The summed E-state index contributed by atoms with van der Waals surface area (Å²) in [5, 5.41) is 5.29. The van der Waals surface area contributed by atoms with Crippen molar-refractivity contribution in [1.82, 2.24) is 5.09 Å². The molecule has 1 fully saturated rings. The van der Waals surface area contributed by atoms with E-state index in [0.29, 0.717) is 11.8 Å². The Labute approximate surface area is 161 Å². The van der Waals surface area contributed by atoms with Gasteiger partial charge in [0.25, 0.3) is 0 Å². The number of rotatable bonds is 7. The van der Waals surface area contributed by atoms with E-state index in [0.717, 1.165) is 17.0 Å². The zero-order chi connectivity index (χ0) is 18.7. The molecule has 2 nitrogen and oxygen atoms in total. The van der Waals surface area contributed by atoms with Crippen molar-refractivity contribution in [3.63, 3.8) is 0 Å². The van der Waals surface area contributed by atoms with Crippen molar-refractivity contribution in [2.24, 2.45) is 11.8 Å². The van der Waals surface area contributed by atoms with Gasteiger partial charge in [-0.25, -0.2) is 0 Å². The highest BCUT2D eigenvalue weighted by atomic mass is 31.2. The van der Waals surface area contributed by atoms with Gasteiger partial charge >= 0.3 is 0 Å². The van der Waals surface area contributed by atoms with Crippen LogP contribution in [0.4, 0.5) is 0 Å². The Kier molecular flexibility index (Phi) is 5.11. The molecule has 3 aromatic rings. The average molecular weight is 373 g/mol. The molecular weight excluding hydrogens is 349 g/mol. The molecule has 3 heteroatoms. The van der Waals surface area contributed by atoms with Crippen LogP contribution in [-0.2, 0) is 4.57 Å². The molecule has 1 aliphatic carbocycles. The van der Waals surface area contributed by atoms with Crippen LogP contribution < -0.4 is 15.7 Å². The molecule has 4 rings (SSSR count). The highest BCUT2D eigenvalue weighted by Gasteiger charge is 2.44. The van der Waals surface area contributed by atoms with E-state index in [2.05, 4.69) is 23.8 Å². The third-order valence-corrected chi connectivity index (χ3v) is 8.03. The summed E-state index contributed by atoms with van der Waals surface area (Å²) in [4.78, 5) is 0. The van der Waals surface area contributed by atoms with E-state index in [9.17, 15) is 4.57 Å². The molecule has 0 radical (unpaired) electrons. The molecule has 0 aromatic heterocycles. The van der Waals surface area contributed by atoms with Crippen molar-refractivity contribution in [3.8, 4) is 0 Å². The summed E-state index contributed by atoms with van der Waals surface area (Å²) in [6.07, 6.45) is 3.11. The van der Waals surface area contributed by atoms with Crippen LogP contribution in [0.1, 0.15) is 18.0 Å². The fraction of sp³-hybridized carbons (Fsp3) is 0.167. The van der Waals surface area contributed by atoms with Crippen LogP contribution in [-0.4, -0.2) is 0 Å². The summed E-state index contributed by atoms with van der Waals surface area (Å²) in [6, 6.07) is 30.0. The topological polar surface area (TPSA) is 29.1 Å². The van der Waals surface area contributed by atoms with E-state index in [4.69, 9.17) is 0 Å². The number of hydrogen-bond donors (Lipinski definition) is 1. The number of benzene rings is 3. The third kappa shape index (κ3) is 3.69. The minimum Gasteiger partial charge on any atom is -0.297 e. The summed E-state index contributed by atoms with van der Waals surface area (Å²) >= 11 is 0. The number of allylic oxidation sites excluding steroid dienone is 1. The lowest BCUT2D eigenvalue weighted by Crippen LogP contribution is -2.31. The summed E-state index contributed by atoms with van der Waals surface area (Å²) in [5.74, 6) is 0.897. The van der Waals surface area contributed by atoms with Gasteiger partial charge in [-0.05, 0) is 48.1 Å². The van der Waals surface area contributed by atoms with Crippen molar-refractivity contribution < 1.29 is 4.57 Å². The van der Waals surface area contributed by atoms with Gasteiger partial charge in [0.2, 0.25) is 7.29 Å². The summed E-state index contributed by atoms with van der Waals surface area (Å²) in [7, 11) is -2.98. The van der Waals surface area contributed by atoms with Crippen molar-refractivity contribution >= 4 is 17.9 Å². The predicted octanol–water partition coefficient (Wildman–Crippen LogP) is 5.07. The van der Waals surface area contributed by atoms with Crippen LogP contribution in [0.25, 0.3) is 0 Å². The summed E-state index contributed by atoms with van der Waals surface area (Å²) < 4.78 is 14.4. The first-order valence-corrected chi connectivity index (χ1v) is 11.1. The Morgan fingerprint density at radius 1 is 0.852 bits per heavy atom. The zero-order valence-corrected chi connectivity index (χ0v) is 16.1. The standard InChI is InChI=1S/C24H24NOP/c1-2-19-18-23(19)24(20-12-6-3-7-13-20)25-27(26,21-14-8-4-9-15-21)22-16-10-5-11-17-22/h2-17,19,23-24H,1,18H2,(H,25,26)/t19-,23+,24+/m1/s1. The van der Waals surface area contributed by atoms with Crippen LogP contribution >= 0.6 is 7.29 Å². The molecule has 3 aromatic carbocycles. The highest BCUT2D eigenvalue weighted by Crippen LogP contribution is 2.52. The molecule has 3 atom stereocenters. The molecule has 1 aliphatic rings. The molecule has 0 bridgehead atoms. The molecular formula is C24H24NOP. The van der Waals surface area contributed by atoms with Crippen LogP contribution in [0.15, 0.2) is 104 Å². The maximum atomic E-state index is 14.4. The zero-order valence-electron chi connectivity index (χ0n) is 15.2. The first-order valence-electron chi connectivity index (χ1n) is 9.39. The molecule has 27 heavy (non-hydrogen) atoms. The molecule has 0 unspecified atom stereocenters. The Bertz CT molecular complexity index is 896.